The van der Waals surface area contributed by atoms with Crippen molar-refractivity contribution in [1.82, 2.24) is 0 Å². The van der Waals surface area contributed by atoms with Crippen molar-refractivity contribution in [3.63, 3.8) is 0 Å². The quantitative estimate of drug-likeness (QED) is 0.468. The predicted molar refractivity (Wildman–Crippen MR) is 57.6 cm³/mol. The van der Waals surface area contributed by atoms with Gasteiger partial charge in [-0.05, 0) is 6.42 Å². The molecule has 0 aromatic carbocycles. The van der Waals surface area contributed by atoms with Gasteiger partial charge in [-0.25, -0.2) is 0 Å². The van der Waals surface area contributed by atoms with Crippen molar-refractivity contribution in [2.45, 2.75) is 25.0 Å². The molecule has 0 aromatic rings. The molecule has 0 rings (SSSR count). The van der Waals surface area contributed by atoms with Gasteiger partial charge in [-0.15, -0.1) is 0 Å². The van der Waals surface area contributed by atoms with E-state index in [-0.39, 0.29) is 6.61 Å². The van der Waals surface area contributed by atoms with E-state index in [1.807, 2.05) is 0 Å². The second-order valence-electron chi connectivity index (χ2n) is 3.10. The summed E-state index contributed by atoms with van der Waals surface area (Å²) < 4.78 is 35.9. The molecule has 0 aromatic heterocycles. The average Bonchev–Trinajstić information content (AvgIpc) is 2.32. The predicted octanol–water partition coefficient (Wildman–Crippen LogP) is -0.152. The third-order valence-corrected chi connectivity index (χ3v) is 3.38. The van der Waals surface area contributed by atoms with E-state index in [0.717, 1.165) is 14.2 Å². The van der Waals surface area contributed by atoms with Gasteiger partial charge in [-0.1, -0.05) is 6.92 Å². The average molecular weight is 268 g/mol. The van der Waals surface area contributed by atoms with Gasteiger partial charge in [0.1, 0.15) is 0 Å². The fourth-order valence-corrected chi connectivity index (χ4v) is 1.88. The van der Waals surface area contributed by atoms with E-state index in [1.165, 1.54) is 0 Å². The number of esters is 2. The van der Waals surface area contributed by atoms with Gasteiger partial charge in [0.2, 0.25) is 0 Å². The lowest BCUT2D eigenvalue weighted by Gasteiger charge is -2.13. The Morgan fingerprint density at radius 2 is 1.82 bits per heavy atom. The molecule has 1 unspecified atom stereocenters. The van der Waals surface area contributed by atoms with Crippen LogP contribution in [0, 0.1) is 0 Å². The molecule has 1 atom stereocenters. The van der Waals surface area contributed by atoms with Gasteiger partial charge in [0.25, 0.3) is 10.1 Å². The third kappa shape index (κ3) is 5.14. The molecule has 0 bridgehead atoms. The molecule has 0 fully saturated rings. The summed E-state index contributed by atoms with van der Waals surface area (Å²) in [4.78, 5) is 22.5. The van der Waals surface area contributed by atoms with Crippen molar-refractivity contribution >= 4 is 22.1 Å². The smallest absolute Gasteiger partial charge is 0.327 e. The molecule has 0 saturated carbocycles. The summed E-state index contributed by atoms with van der Waals surface area (Å²) in [5.74, 6) is -1.84. The molecule has 0 aliphatic heterocycles. The van der Waals surface area contributed by atoms with Crippen molar-refractivity contribution in [3.05, 3.63) is 0 Å². The molecule has 17 heavy (non-hydrogen) atoms. The van der Waals surface area contributed by atoms with Gasteiger partial charge in [0.05, 0.1) is 27.2 Å². The van der Waals surface area contributed by atoms with E-state index >= 15 is 0 Å². The normalized spacial score (nSPS) is 12.9. The Balaban J connectivity index is 4.74. The SMILES string of the molecule is CCCOC(=O)CC(C(=O)OC)S(=O)(=O)OC. The van der Waals surface area contributed by atoms with Crippen LogP contribution in [0.2, 0.25) is 0 Å². The number of ether oxygens (including phenoxy) is 2. The zero-order valence-corrected chi connectivity index (χ0v) is 10.8. The standard InChI is InChI=1S/C9H16O7S/c1-4-5-16-8(10)6-7(9(11)14-2)17(12,13)15-3/h7H,4-6H2,1-3H3. The maximum absolute atomic E-state index is 11.4. The van der Waals surface area contributed by atoms with Gasteiger partial charge >= 0.3 is 11.9 Å². The van der Waals surface area contributed by atoms with Crippen molar-refractivity contribution in [3.8, 4) is 0 Å². The highest BCUT2D eigenvalue weighted by Gasteiger charge is 2.36. The summed E-state index contributed by atoms with van der Waals surface area (Å²) in [6, 6.07) is 0. The minimum Gasteiger partial charge on any atom is -0.468 e. The van der Waals surface area contributed by atoms with E-state index in [4.69, 9.17) is 0 Å². The summed E-state index contributed by atoms with van der Waals surface area (Å²) in [6.07, 6.45) is -0.0193. The molecule has 0 heterocycles. The highest BCUT2D eigenvalue weighted by atomic mass is 32.2. The lowest BCUT2D eigenvalue weighted by molar-refractivity contribution is -0.148. The molecule has 0 amide bonds. The van der Waals surface area contributed by atoms with Gasteiger partial charge < -0.3 is 9.47 Å². The van der Waals surface area contributed by atoms with E-state index in [2.05, 4.69) is 13.7 Å². The summed E-state index contributed by atoms with van der Waals surface area (Å²) >= 11 is 0. The van der Waals surface area contributed by atoms with Crippen LogP contribution in [0.3, 0.4) is 0 Å². The molecular formula is C9H16O7S. The van der Waals surface area contributed by atoms with Crippen LogP contribution in [0.25, 0.3) is 0 Å². The number of rotatable bonds is 7. The Hall–Kier alpha value is -1.15. The van der Waals surface area contributed by atoms with Crippen LogP contribution in [0.4, 0.5) is 0 Å². The summed E-state index contributed by atoms with van der Waals surface area (Å²) in [6.45, 7) is 1.96. The Labute approximate surface area is 100 Å². The molecule has 0 aliphatic carbocycles. The second-order valence-corrected chi connectivity index (χ2v) is 4.98. The first-order valence-electron chi connectivity index (χ1n) is 4.91. The number of methoxy groups -OCH3 is 1. The van der Waals surface area contributed by atoms with Crippen molar-refractivity contribution in [2.24, 2.45) is 0 Å². The Bertz CT molecular complexity index is 360. The number of hydrogen-bond donors (Lipinski definition) is 0. The van der Waals surface area contributed by atoms with Crippen LogP contribution < -0.4 is 0 Å². The van der Waals surface area contributed by atoms with Crippen LogP contribution in [-0.4, -0.2) is 46.4 Å². The van der Waals surface area contributed by atoms with Crippen molar-refractivity contribution in [2.75, 3.05) is 20.8 Å². The van der Waals surface area contributed by atoms with Crippen LogP contribution in [-0.2, 0) is 33.4 Å². The summed E-state index contributed by atoms with van der Waals surface area (Å²) in [7, 11) is -2.24. The molecule has 0 aliphatic rings. The third-order valence-electron chi connectivity index (χ3n) is 1.86. The van der Waals surface area contributed by atoms with Crippen molar-refractivity contribution < 1.29 is 31.7 Å². The van der Waals surface area contributed by atoms with E-state index < -0.39 is 33.7 Å². The van der Waals surface area contributed by atoms with Gasteiger partial charge in [0, 0.05) is 0 Å². The zero-order chi connectivity index (χ0) is 13.5. The Morgan fingerprint density at radius 1 is 1.24 bits per heavy atom. The molecule has 0 saturated heterocycles. The highest BCUT2D eigenvalue weighted by Crippen LogP contribution is 2.11. The first-order chi connectivity index (χ1) is 7.88. The topological polar surface area (TPSA) is 96.0 Å². The Kier molecular flexibility index (Phi) is 6.74. The minimum absolute atomic E-state index is 0.166. The molecule has 0 radical (unpaired) electrons. The molecule has 7 nitrogen and oxygen atoms in total. The first kappa shape index (κ1) is 15.9. The van der Waals surface area contributed by atoms with E-state index in [9.17, 15) is 18.0 Å². The fourth-order valence-electron chi connectivity index (χ4n) is 0.977. The van der Waals surface area contributed by atoms with Crippen molar-refractivity contribution in [1.29, 1.82) is 0 Å². The zero-order valence-electron chi connectivity index (χ0n) is 9.96. The molecular weight excluding hydrogens is 252 g/mol. The maximum atomic E-state index is 11.4. The Morgan fingerprint density at radius 3 is 2.24 bits per heavy atom. The van der Waals surface area contributed by atoms with Gasteiger partial charge in [-0.3, -0.25) is 13.8 Å². The van der Waals surface area contributed by atoms with Crippen LogP contribution in [0.1, 0.15) is 19.8 Å². The highest BCUT2D eigenvalue weighted by molar-refractivity contribution is 7.88. The first-order valence-corrected chi connectivity index (χ1v) is 6.39. The van der Waals surface area contributed by atoms with Crippen LogP contribution in [0.5, 0.6) is 0 Å². The summed E-state index contributed by atoms with van der Waals surface area (Å²) in [5.41, 5.74) is 0. The largest absolute Gasteiger partial charge is 0.468 e. The number of hydrogen-bond acceptors (Lipinski definition) is 7. The van der Waals surface area contributed by atoms with Gasteiger partial charge in [-0.2, -0.15) is 8.42 Å². The van der Waals surface area contributed by atoms with E-state index in [0.29, 0.717) is 6.42 Å². The minimum atomic E-state index is -4.17. The lowest BCUT2D eigenvalue weighted by atomic mass is 10.3. The monoisotopic (exact) mass is 268 g/mol. The molecule has 8 heteroatoms. The molecule has 100 valence electrons. The molecule has 0 spiro atoms. The molecule has 0 N–H and O–H groups in total. The second kappa shape index (κ2) is 7.23. The lowest BCUT2D eigenvalue weighted by Crippen LogP contribution is -2.35. The number of carbonyl (C=O) groups is 2. The number of carbonyl (C=O) groups excluding carboxylic acids is 2. The van der Waals surface area contributed by atoms with Crippen LogP contribution >= 0.6 is 0 Å². The van der Waals surface area contributed by atoms with Gasteiger partial charge in [0.15, 0.2) is 5.25 Å². The summed E-state index contributed by atoms with van der Waals surface area (Å²) in [5, 5.41) is -1.69. The van der Waals surface area contributed by atoms with E-state index in [1.54, 1.807) is 6.92 Å². The fraction of sp³-hybridized carbons (Fsp3) is 0.778. The maximum Gasteiger partial charge on any atom is 0.327 e. The van der Waals surface area contributed by atoms with Crippen LogP contribution in [0.15, 0.2) is 0 Å².